The number of hydrogen-bond acceptors (Lipinski definition) is 3. The molecule has 0 aliphatic heterocycles. The second kappa shape index (κ2) is 6.83. The standard InChI is InChI=1S/C19H20N2O3/c1-2-21(18(22)16-11-17(16)19(23)24)12-13-4-3-5-15(10-13)14-6-8-20-9-7-14/h3-10,16-17H,2,11-12H2,1H3,(H,23,24). The summed E-state index contributed by atoms with van der Waals surface area (Å²) in [5.74, 6) is -1.79. The molecule has 1 aliphatic carbocycles. The van der Waals surface area contributed by atoms with Gasteiger partial charge in [0.2, 0.25) is 5.91 Å². The van der Waals surface area contributed by atoms with Gasteiger partial charge >= 0.3 is 5.97 Å². The number of carbonyl (C=O) groups is 2. The van der Waals surface area contributed by atoms with E-state index in [1.54, 1.807) is 17.3 Å². The second-order valence-corrected chi connectivity index (χ2v) is 6.08. The van der Waals surface area contributed by atoms with Gasteiger partial charge in [0.15, 0.2) is 0 Å². The molecule has 0 bridgehead atoms. The number of rotatable bonds is 6. The van der Waals surface area contributed by atoms with Crippen molar-refractivity contribution in [2.45, 2.75) is 19.9 Å². The zero-order valence-electron chi connectivity index (χ0n) is 13.6. The first-order valence-electron chi connectivity index (χ1n) is 8.11. The molecule has 1 aromatic heterocycles. The highest BCUT2D eigenvalue weighted by Gasteiger charge is 2.49. The van der Waals surface area contributed by atoms with Gasteiger partial charge in [-0.05, 0) is 48.2 Å². The fraction of sp³-hybridized carbons (Fsp3) is 0.316. The first-order chi connectivity index (χ1) is 11.6. The minimum absolute atomic E-state index is 0.0563. The van der Waals surface area contributed by atoms with Gasteiger partial charge < -0.3 is 10.0 Å². The fourth-order valence-corrected chi connectivity index (χ4v) is 2.93. The van der Waals surface area contributed by atoms with E-state index in [1.807, 2.05) is 37.3 Å². The summed E-state index contributed by atoms with van der Waals surface area (Å²) in [6, 6.07) is 11.9. The quantitative estimate of drug-likeness (QED) is 0.887. The van der Waals surface area contributed by atoms with Crippen LogP contribution < -0.4 is 0 Å². The van der Waals surface area contributed by atoms with E-state index in [0.29, 0.717) is 19.5 Å². The van der Waals surface area contributed by atoms with Gasteiger partial charge in [-0.1, -0.05) is 18.2 Å². The Labute approximate surface area is 140 Å². The van der Waals surface area contributed by atoms with Gasteiger partial charge in [-0.25, -0.2) is 0 Å². The molecule has 1 saturated carbocycles. The number of aromatic nitrogens is 1. The van der Waals surface area contributed by atoms with E-state index in [4.69, 9.17) is 5.11 Å². The molecule has 3 rings (SSSR count). The van der Waals surface area contributed by atoms with Crippen molar-refractivity contribution < 1.29 is 14.7 Å². The summed E-state index contributed by atoms with van der Waals surface area (Å²) >= 11 is 0. The monoisotopic (exact) mass is 324 g/mol. The Balaban J connectivity index is 1.73. The van der Waals surface area contributed by atoms with E-state index in [0.717, 1.165) is 16.7 Å². The molecule has 0 saturated heterocycles. The highest BCUT2D eigenvalue weighted by molar-refractivity contribution is 5.89. The maximum absolute atomic E-state index is 12.5. The van der Waals surface area contributed by atoms with Crippen molar-refractivity contribution in [3.05, 3.63) is 54.4 Å². The zero-order chi connectivity index (χ0) is 17.1. The normalized spacial score (nSPS) is 18.9. The van der Waals surface area contributed by atoms with E-state index in [2.05, 4.69) is 11.1 Å². The SMILES string of the molecule is CCN(Cc1cccc(-c2ccncc2)c1)C(=O)C1CC1C(=O)O. The zero-order valence-corrected chi connectivity index (χ0v) is 13.6. The van der Waals surface area contributed by atoms with E-state index >= 15 is 0 Å². The van der Waals surface area contributed by atoms with Crippen molar-refractivity contribution >= 4 is 11.9 Å². The maximum Gasteiger partial charge on any atom is 0.307 e. The van der Waals surface area contributed by atoms with Crippen LogP contribution in [0.15, 0.2) is 48.8 Å². The topological polar surface area (TPSA) is 70.5 Å². The molecule has 0 spiro atoms. The lowest BCUT2D eigenvalue weighted by molar-refractivity contribution is -0.142. The maximum atomic E-state index is 12.5. The van der Waals surface area contributed by atoms with E-state index < -0.39 is 11.9 Å². The minimum Gasteiger partial charge on any atom is -0.481 e. The van der Waals surface area contributed by atoms with Crippen LogP contribution in [0.2, 0.25) is 0 Å². The molecule has 1 aromatic carbocycles. The van der Waals surface area contributed by atoms with E-state index in [1.165, 1.54) is 0 Å². The Morgan fingerprint density at radius 2 is 1.92 bits per heavy atom. The van der Waals surface area contributed by atoms with Gasteiger partial charge in [0.25, 0.3) is 0 Å². The van der Waals surface area contributed by atoms with Crippen LogP contribution in [0.4, 0.5) is 0 Å². The van der Waals surface area contributed by atoms with Gasteiger partial charge in [0.05, 0.1) is 11.8 Å². The second-order valence-electron chi connectivity index (χ2n) is 6.08. The van der Waals surface area contributed by atoms with Crippen LogP contribution in [-0.2, 0) is 16.1 Å². The smallest absolute Gasteiger partial charge is 0.307 e. The van der Waals surface area contributed by atoms with Gasteiger partial charge in [0, 0.05) is 25.5 Å². The molecular formula is C19H20N2O3. The number of pyridine rings is 1. The van der Waals surface area contributed by atoms with E-state index in [9.17, 15) is 9.59 Å². The number of benzene rings is 1. The van der Waals surface area contributed by atoms with Crippen LogP contribution >= 0.6 is 0 Å². The number of aliphatic carboxylic acids is 1. The van der Waals surface area contributed by atoms with Crippen LogP contribution in [0.1, 0.15) is 18.9 Å². The summed E-state index contributed by atoms with van der Waals surface area (Å²) in [6.45, 7) is 2.99. The van der Waals surface area contributed by atoms with Crippen LogP contribution in [0, 0.1) is 11.8 Å². The fourth-order valence-electron chi connectivity index (χ4n) is 2.93. The molecular weight excluding hydrogens is 304 g/mol. The lowest BCUT2D eigenvalue weighted by Crippen LogP contribution is -2.32. The molecule has 2 unspecified atom stereocenters. The molecule has 2 aromatic rings. The van der Waals surface area contributed by atoms with Crippen molar-refractivity contribution in [3.63, 3.8) is 0 Å². The van der Waals surface area contributed by atoms with Gasteiger partial charge in [-0.2, -0.15) is 0 Å². The molecule has 5 heteroatoms. The summed E-state index contributed by atoms with van der Waals surface area (Å²) < 4.78 is 0. The molecule has 1 amide bonds. The number of hydrogen-bond donors (Lipinski definition) is 1. The number of carboxylic acids is 1. The highest BCUT2D eigenvalue weighted by Crippen LogP contribution is 2.40. The number of nitrogens with zero attached hydrogens (tertiary/aromatic N) is 2. The number of carbonyl (C=O) groups excluding carboxylic acids is 1. The molecule has 24 heavy (non-hydrogen) atoms. The lowest BCUT2D eigenvalue weighted by Gasteiger charge is -2.21. The number of amides is 1. The average molecular weight is 324 g/mol. The van der Waals surface area contributed by atoms with Crippen molar-refractivity contribution in [2.75, 3.05) is 6.54 Å². The number of carboxylic acid groups (broad SMARTS) is 1. The van der Waals surface area contributed by atoms with Crippen molar-refractivity contribution in [1.82, 2.24) is 9.88 Å². The summed E-state index contributed by atoms with van der Waals surface area (Å²) in [5, 5.41) is 9.00. The molecule has 1 heterocycles. The summed E-state index contributed by atoms with van der Waals surface area (Å²) in [5.41, 5.74) is 3.19. The molecule has 2 atom stereocenters. The van der Waals surface area contributed by atoms with Crippen LogP contribution in [0.5, 0.6) is 0 Å². The predicted octanol–water partition coefficient (Wildman–Crippen LogP) is 2.82. The molecule has 124 valence electrons. The lowest BCUT2D eigenvalue weighted by atomic mass is 10.0. The third-order valence-electron chi connectivity index (χ3n) is 4.43. The van der Waals surface area contributed by atoms with Crippen LogP contribution in [0.3, 0.4) is 0 Å². The predicted molar refractivity (Wildman–Crippen MR) is 90.0 cm³/mol. The van der Waals surface area contributed by atoms with Crippen molar-refractivity contribution in [1.29, 1.82) is 0 Å². The Morgan fingerprint density at radius 1 is 1.17 bits per heavy atom. The van der Waals surface area contributed by atoms with Crippen molar-refractivity contribution in [3.8, 4) is 11.1 Å². The Bertz CT molecular complexity index is 745. The third-order valence-corrected chi connectivity index (χ3v) is 4.43. The molecule has 5 nitrogen and oxygen atoms in total. The summed E-state index contributed by atoms with van der Waals surface area (Å²) in [6.07, 6.45) is 3.97. The Morgan fingerprint density at radius 3 is 2.54 bits per heavy atom. The van der Waals surface area contributed by atoms with E-state index in [-0.39, 0.29) is 11.8 Å². The summed E-state index contributed by atoms with van der Waals surface area (Å²) in [7, 11) is 0. The first-order valence-corrected chi connectivity index (χ1v) is 8.11. The first kappa shape index (κ1) is 16.2. The van der Waals surface area contributed by atoms with Gasteiger partial charge in [-0.3, -0.25) is 14.6 Å². The van der Waals surface area contributed by atoms with Crippen LogP contribution in [0.25, 0.3) is 11.1 Å². The Hall–Kier alpha value is -2.69. The molecule has 0 radical (unpaired) electrons. The molecule has 1 N–H and O–H groups in total. The summed E-state index contributed by atoms with van der Waals surface area (Å²) in [4.78, 5) is 29.2. The third kappa shape index (κ3) is 3.45. The van der Waals surface area contributed by atoms with Gasteiger partial charge in [0.1, 0.15) is 0 Å². The van der Waals surface area contributed by atoms with Crippen LogP contribution in [-0.4, -0.2) is 33.4 Å². The largest absolute Gasteiger partial charge is 0.481 e. The van der Waals surface area contributed by atoms with Crippen molar-refractivity contribution in [2.24, 2.45) is 11.8 Å². The highest BCUT2D eigenvalue weighted by atomic mass is 16.4. The average Bonchev–Trinajstić information content (AvgIpc) is 3.41. The molecule has 1 aliphatic rings. The van der Waals surface area contributed by atoms with Gasteiger partial charge in [-0.15, -0.1) is 0 Å². The minimum atomic E-state index is -0.871. The molecule has 1 fully saturated rings. The Kier molecular flexibility index (Phi) is 4.60.